The number of nitrogen functional groups attached to an aromatic ring is 1. The Labute approximate surface area is 86.7 Å². The summed E-state index contributed by atoms with van der Waals surface area (Å²) in [5.74, 6) is 2.27. The molecule has 2 N–H and O–H groups in total. The maximum atomic E-state index is 11.7. The maximum Gasteiger partial charge on any atom is 0.266 e. The minimum Gasteiger partial charge on any atom is -0.375 e. The van der Waals surface area contributed by atoms with Crippen molar-refractivity contribution in [3.8, 4) is 12.3 Å². The lowest BCUT2D eigenvalue weighted by atomic mass is 10.3. The number of rotatable bonds is 2. The normalized spacial score (nSPS) is 9.50. The van der Waals surface area contributed by atoms with E-state index >= 15 is 0 Å². The van der Waals surface area contributed by atoms with Crippen molar-refractivity contribution in [3.63, 3.8) is 0 Å². The van der Waals surface area contributed by atoms with Gasteiger partial charge in [0.2, 0.25) is 0 Å². The van der Waals surface area contributed by atoms with Crippen LogP contribution in [0.15, 0.2) is 0 Å². The summed E-state index contributed by atoms with van der Waals surface area (Å²) < 4.78 is 0. The number of hydrogen-bond acceptors (Lipinski definition) is 4. The van der Waals surface area contributed by atoms with Gasteiger partial charge in [-0.05, 0) is 6.92 Å². The number of aromatic nitrogens is 1. The summed E-state index contributed by atoms with van der Waals surface area (Å²) in [7, 11) is 1.65. The topological polar surface area (TPSA) is 59.2 Å². The SMILES string of the molecule is C#CCN(C)C(=O)c1sc(N)nc1C. The molecular formula is C9H11N3OS. The van der Waals surface area contributed by atoms with Crippen molar-refractivity contribution in [2.24, 2.45) is 0 Å². The highest BCUT2D eigenvalue weighted by Crippen LogP contribution is 2.20. The van der Waals surface area contributed by atoms with Gasteiger partial charge in [-0.2, -0.15) is 0 Å². The predicted molar refractivity (Wildman–Crippen MR) is 57.1 cm³/mol. The number of nitrogens with two attached hydrogens (primary N) is 1. The minimum absolute atomic E-state index is 0.130. The summed E-state index contributed by atoms with van der Waals surface area (Å²) in [6.07, 6.45) is 5.11. The van der Waals surface area contributed by atoms with Crippen molar-refractivity contribution in [1.82, 2.24) is 9.88 Å². The average molecular weight is 209 g/mol. The fourth-order valence-corrected chi connectivity index (χ4v) is 1.83. The standard InChI is InChI=1S/C9H11N3OS/c1-4-5-12(3)8(13)7-6(2)11-9(10)14-7/h1H,5H2,2-3H3,(H2,10,11). The molecular weight excluding hydrogens is 198 g/mol. The summed E-state index contributed by atoms with van der Waals surface area (Å²) in [6, 6.07) is 0. The first-order valence-electron chi connectivity index (χ1n) is 3.98. The van der Waals surface area contributed by atoms with Crippen LogP contribution in [-0.4, -0.2) is 29.4 Å². The van der Waals surface area contributed by atoms with Gasteiger partial charge in [0, 0.05) is 7.05 Å². The molecule has 1 aromatic rings. The van der Waals surface area contributed by atoms with Gasteiger partial charge in [-0.3, -0.25) is 4.79 Å². The van der Waals surface area contributed by atoms with Gasteiger partial charge < -0.3 is 10.6 Å². The third-order valence-electron chi connectivity index (χ3n) is 1.68. The van der Waals surface area contributed by atoms with Crippen molar-refractivity contribution in [1.29, 1.82) is 0 Å². The van der Waals surface area contributed by atoms with E-state index in [0.717, 1.165) is 0 Å². The zero-order chi connectivity index (χ0) is 10.7. The van der Waals surface area contributed by atoms with Crippen LogP contribution < -0.4 is 5.73 Å². The first-order chi connectivity index (χ1) is 6.56. The van der Waals surface area contributed by atoms with E-state index in [1.165, 1.54) is 16.2 Å². The minimum atomic E-state index is -0.130. The number of aryl methyl sites for hydroxylation is 1. The fourth-order valence-electron chi connectivity index (χ4n) is 0.998. The highest BCUT2D eigenvalue weighted by molar-refractivity contribution is 7.17. The summed E-state index contributed by atoms with van der Waals surface area (Å²) in [6.45, 7) is 2.04. The van der Waals surface area contributed by atoms with Crippen LogP contribution in [0.2, 0.25) is 0 Å². The summed E-state index contributed by atoms with van der Waals surface area (Å²) >= 11 is 1.18. The molecule has 0 unspecified atom stereocenters. The van der Waals surface area contributed by atoms with Crippen molar-refractivity contribution < 1.29 is 4.79 Å². The van der Waals surface area contributed by atoms with Crippen molar-refractivity contribution in [2.75, 3.05) is 19.3 Å². The predicted octanol–water partition coefficient (Wildman–Crippen LogP) is 0.739. The average Bonchev–Trinajstić information content (AvgIpc) is 2.44. The second-order valence-corrected chi connectivity index (χ2v) is 3.86. The zero-order valence-corrected chi connectivity index (χ0v) is 8.89. The second-order valence-electron chi connectivity index (χ2n) is 2.83. The van der Waals surface area contributed by atoms with E-state index in [2.05, 4.69) is 10.9 Å². The monoisotopic (exact) mass is 209 g/mol. The number of carbonyl (C=O) groups excluding carboxylic acids is 1. The summed E-state index contributed by atoms with van der Waals surface area (Å²) in [5.41, 5.74) is 6.14. The first kappa shape index (κ1) is 10.5. The van der Waals surface area contributed by atoms with Crippen LogP contribution in [0, 0.1) is 19.3 Å². The molecule has 4 nitrogen and oxygen atoms in total. The Hall–Kier alpha value is -1.54. The Kier molecular flexibility index (Phi) is 3.10. The van der Waals surface area contributed by atoms with Gasteiger partial charge in [0.05, 0.1) is 12.2 Å². The molecule has 74 valence electrons. The van der Waals surface area contributed by atoms with Gasteiger partial charge in [-0.15, -0.1) is 6.42 Å². The fraction of sp³-hybridized carbons (Fsp3) is 0.333. The molecule has 0 saturated carbocycles. The number of anilines is 1. The number of hydrogen-bond donors (Lipinski definition) is 1. The van der Waals surface area contributed by atoms with Gasteiger partial charge in [0.15, 0.2) is 5.13 Å². The number of amides is 1. The molecule has 5 heteroatoms. The van der Waals surface area contributed by atoms with E-state index in [1.54, 1.807) is 14.0 Å². The van der Waals surface area contributed by atoms with Gasteiger partial charge >= 0.3 is 0 Å². The summed E-state index contributed by atoms with van der Waals surface area (Å²) in [4.78, 5) is 17.7. The highest BCUT2D eigenvalue weighted by Gasteiger charge is 2.17. The molecule has 0 aliphatic heterocycles. The molecule has 0 spiro atoms. The Bertz CT molecular complexity index is 391. The van der Waals surface area contributed by atoms with Crippen LogP contribution >= 0.6 is 11.3 Å². The number of carbonyl (C=O) groups is 1. The van der Waals surface area contributed by atoms with Crippen LogP contribution in [0.25, 0.3) is 0 Å². The lowest BCUT2D eigenvalue weighted by Crippen LogP contribution is -2.26. The molecule has 0 aliphatic rings. The Morgan fingerprint density at radius 3 is 2.86 bits per heavy atom. The van der Waals surface area contributed by atoms with Crippen molar-refractivity contribution in [2.45, 2.75) is 6.92 Å². The lowest BCUT2D eigenvalue weighted by molar-refractivity contribution is 0.0816. The van der Waals surface area contributed by atoms with E-state index in [9.17, 15) is 4.79 Å². The molecule has 0 saturated heterocycles. The molecule has 1 amide bonds. The van der Waals surface area contributed by atoms with Crippen molar-refractivity contribution in [3.05, 3.63) is 10.6 Å². The van der Waals surface area contributed by atoms with Crippen LogP contribution in [0.4, 0.5) is 5.13 Å². The van der Waals surface area contributed by atoms with E-state index in [0.29, 0.717) is 15.7 Å². The largest absolute Gasteiger partial charge is 0.375 e. The lowest BCUT2D eigenvalue weighted by Gasteiger charge is -2.12. The van der Waals surface area contributed by atoms with Gasteiger partial charge in [-0.1, -0.05) is 17.3 Å². The number of thiazole rings is 1. The van der Waals surface area contributed by atoms with Gasteiger partial charge in [-0.25, -0.2) is 4.98 Å². The molecule has 1 rings (SSSR count). The quantitative estimate of drug-likeness (QED) is 0.731. The van der Waals surface area contributed by atoms with Gasteiger partial charge in [0.25, 0.3) is 5.91 Å². The van der Waals surface area contributed by atoms with Crippen LogP contribution in [0.1, 0.15) is 15.4 Å². The van der Waals surface area contributed by atoms with Crippen LogP contribution in [-0.2, 0) is 0 Å². The number of nitrogens with zero attached hydrogens (tertiary/aromatic N) is 2. The highest BCUT2D eigenvalue weighted by atomic mass is 32.1. The van der Waals surface area contributed by atoms with E-state index in [-0.39, 0.29) is 12.5 Å². The Balaban J connectivity index is 2.90. The van der Waals surface area contributed by atoms with Crippen LogP contribution in [0.3, 0.4) is 0 Å². The molecule has 1 aromatic heterocycles. The molecule has 0 atom stereocenters. The third-order valence-corrected chi connectivity index (χ3v) is 2.66. The Morgan fingerprint density at radius 1 is 1.79 bits per heavy atom. The molecule has 0 bridgehead atoms. The Morgan fingerprint density at radius 2 is 2.43 bits per heavy atom. The summed E-state index contributed by atoms with van der Waals surface area (Å²) in [5, 5.41) is 0.403. The molecule has 0 fully saturated rings. The molecule has 14 heavy (non-hydrogen) atoms. The number of terminal acetylenes is 1. The van der Waals surface area contributed by atoms with E-state index in [4.69, 9.17) is 12.2 Å². The third kappa shape index (κ3) is 2.03. The van der Waals surface area contributed by atoms with Gasteiger partial charge in [0.1, 0.15) is 4.88 Å². The maximum absolute atomic E-state index is 11.7. The molecule has 0 aliphatic carbocycles. The molecule has 0 radical (unpaired) electrons. The first-order valence-corrected chi connectivity index (χ1v) is 4.79. The van der Waals surface area contributed by atoms with E-state index in [1.807, 2.05) is 0 Å². The van der Waals surface area contributed by atoms with E-state index < -0.39 is 0 Å². The van der Waals surface area contributed by atoms with Crippen LogP contribution in [0.5, 0.6) is 0 Å². The molecule has 1 heterocycles. The smallest absolute Gasteiger partial charge is 0.266 e. The molecule has 0 aromatic carbocycles. The second kappa shape index (κ2) is 4.11. The zero-order valence-electron chi connectivity index (χ0n) is 8.07. The van der Waals surface area contributed by atoms with Crippen molar-refractivity contribution >= 4 is 22.4 Å².